The van der Waals surface area contributed by atoms with Crippen molar-refractivity contribution in [1.82, 2.24) is 9.66 Å². The van der Waals surface area contributed by atoms with Crippen LogP contribution in [0.2, 0.25) is 0 Å². The van der Waals surface area contributed by atoms with Crippen molar-refractivity contribution in [3.05, 3.63) is 64.2 Å². The Kier molecular flexibility index (Phi) is 5.60. The van der Waals surface area contributed by atoms with E-state index >= 15 is 0 Å². The number of rotatable bonds is 5. The molecule has 150 valence electrons. The Morgan fingerprint density at radius 3 is 2.55 bits per heavy atom. The zero-order chi connectivity index (χ0) is 20.2. The first-order chi connectivity index (χ1) is 14.2. The number of hydrogen-bond acceptors (Lipinski definition) is 5. The molecule has 6 nitrogen and oxygen atoms in total. The molecule has 1 fully saturated rings. The summed E-state index contributed by atoms with van der Waals surface area (Å²) >= 11 is 0. The van der Waals surface area contributed by atoms with E-state index in [1.54, 1.807) is 26.5 Å². The van der Waals surface area contributed by atoms with Gasteiger partial charge in [-0.15, -0.1) is 0 Å². The smallest absolute Gasteiger partial charge is 0.282 e. The maximum atomic E-state index is 13.2. The Morgan fingerprint density at radius 2 is 1.79 bits per heavy atom. The lowest BCUT2D eigenvalue weighted by Gasteiger charge is -2.22. The van der Waals surface area contributed by atoms with Crippen molar-refractivity contribution in [3.63, 3.8) is 0 Å². The summed E-state index contributed by atoms with van der Waals surface area (Å²) in [5.74, 6) is 2.28. The van der Waals surface area contributed by atoms with Gasteiger partial charge in [0.2, 0.25) is 0 Å². The van der Waals surface area contributed by atoms with Gasteiger partial charge >= 0.3 is 0 Å². The second-order valence-corrected chi connectivity index (χ2v) is 7.30. The van der Waals surface area contributed by atoms with E-state index in [0.29, 0.717) is 16.9 Å². The first kappa shape index (κ1) is 19.2. The molecule has 0 bridgehead atoms. The quantitative estimate of drug-likeness (QED) is 0.607. The molecule has 0 saturated heterocycles. The largest absolute Gasteiger partial charge is 0.493 e. The van der Waals surface area contributed by atoms with Crippen LogP contribution in [-0.2, 0) is 0 Å². The highest BCUT2D eigenvalue weighted by Crippen LogP contribution is 2.32. The fourth-order valence-corrected chi connectivity index (χ4v) is 3.94. The van der Waals surface area contributed by atoms with Gasteiger partial charge in [-0.2, -0.15) is 9.78 Å². The molecular weight excluding hydrogens is 366 g/mol. The minimum atomic E-state index is -0.132. The molecule has 0 amide bonds. The fraction of sp³-hybridized carbons (Fsp3) is 0.348. The van der Waals surface area contributed by atoms with E-state index < -0.39 is 0 Å². The molecule has 0 spiro atoms. The SMILES string of the molecule is COc1ccc(C=Nn2c(C3CCCCC3)nc3ccccc3c2=O)cc1OC. The lowest BCUT2D eigenvalue weighted by molar-refractivity contribution is 0.355. The van der Waals surface area contributed by atoms with E-state index in [2.05, 4.69) is 5.10 Å². The van der Waals surface area contributed by atoms with Gasteiger partial charge in [-0.1, -0.05) is 31.4 Å². The topological polar surface area (TPSA) is 65.7 Å². The molecular formula is C23H25N3O3. The van der Waals surface area contributed by atoms with Gasteiger partial charge in [-0.3, -0.25) is 4.79 Å². The summed E-state index contributed by atoms with van der Waals surface area (Å²) < 4.78 is 12.1. The first-order valence-corrected chi connectivity index (χ1v) is 9.99. The lowest BCUT2D eigenvalue weighted by atomic mass is 9.88. The molecule has 6 heteroatoms. The van der Waals surface area contributed by atoms with Crippen molar-refractivity contribution in [2.45, 2.75) is 38.0 Å². The standard InChI is InChI=1S/C23H25N3O3/c1-28-20-13-12-16(14-21(20)29-2)15-24-26-22(17-8-4-3-5-9-17)25-19-11-7-6-10-18(19)23(26)27/h6-7,10-15,17H,3-5,8-9H2,1-2H3. The van der Waals surface area contributed by atoms with E-state index in [-0.39, 0.29) is 11.5 Å². The molecule has 1 aliphatic rings. The molecule has 2 aromatic carbocycles. The van der Waals surface area contributed by atoms with Gasteiger partial charge in [-0.05, 0) is 48.7 Å². The zero-order valence-electron chi connectivity index (χ0n) is 16.8. The van der Waals surface area contributed by atoms with Crippen LogP contribution in [-0.4, -0.2) is 30.1 Å². The van der Waals surface area contributed by atoms with Crippen molar-refractivity contribution in [1.29, 1.82) is 0 Å². The number of ether oxygens (including phenoxy) is 2. The summed E-state index contributed by atoms with van der Waals surface area (Å²) in [6.45, 7) is 0. The predicted molar refractivity (Wildman–Crippen MR) is 114 cm³/mol. The molecule has 1 heterocycles. The highest BCUT2D eigenvalue weighted by atomic mass is 16.5. The van der Waals surface area contributed by atoms with Gasteiger partial charge in [0, 0.05) is 5.92 Å². The van der Waals surface area contributed by atoms with Crippen molar-refractivity contribution < 1.29 is 9.47 Å². The maximum absolute atomic E-state index is 13.2. The monoisotopic (exact) mass is 391 g/mol. The molecule has 1 aliphatic carbocycles. The van der Waals surface area contributed by atoms with Gasteiger partial charge in [0.05, 0.1) is 31.3 Å². The number of aromatic nitrogens is 2. The summed E-state index contributed by atoms with van der Waals surface area (Å²) in [7, 11) is 3.19. The second-order valence-electron chi connectivity index (χ2n) is 7.30. The van der Waals surface area contributed by atoms with Crippen LogP contribution >= 0.6 is 0 Å². The molecule has 1 saturated carbocycles. The Bertz CT molecular complexity index is 1100. The van der Waals surface area contributed by atoms with E-state index in [9.17, 15) is 4.79 Å². The lowest BCUT2D eigenvalue weighted by Crippen LogP contribution is -2.25. The minimum Gasteiger partial charge on any atom is -0.493 e. The number of hydrogen-bond donors (Lipinski definition) is 0. The summed E-state index contributed by atoms with van der Waals surface area (Å²) in [6.07, 6.45) is 7.31. The molecule has 0 radical (unpaired) electrons. The van der Waals surface area contributed by atoms with Gasteiger partial charge in [0.25, 0.3) is 5.56 Å². The van der Waals surface area contributed by atoms with Crippen LogP contribution in [0.1, 0.15) is 49.4 Å². The molecule has 4 rings (SSSR count). The fourth-order valence-electron chi connectivity index (χ4n) is 3.94. The summed E-state index contributed by atoms with van der Waals surface area (Å²) in [5.41, 5.74) is 1.42. The molecule has 0 unspecified atom stereocenters. The summed E-state index contributed by atoms with van der Waals surface area (Å²) in [5, 5.41) is 5.13. The molecule has 0 N–H and O–H groups in total. The number of benzene rings is 2. The molecule has 0 atom stereocenters. The van der Waals surface area contributed by atoms with E-state index in [1.165, 1.54) is 11.1 Å². The average molecular weight is 391 g/mol. The Hall–Kier alpha value is -3.15. The third kappa shape index (κ3) is 3.88. The van der Waals surface area contributed by atoms with Gasteiger partial charge in [0.15, 0.2) is 11.5 Å². The Balaban J connectivity index is 1.80. The van der Waals surface area contributed by atoms with E-state index in [4.69, 9.17) is 14.5 Å². The summed E-state index contributed by atoms with van der Waals surface area (Å²) in [4.78, 5) is 18.0. The van der Waals surface area contributed by atoms with Crippen molar-refractivity contribution in [2.75, 3.05) is 14.2 Å². The highest BCUT2D eigenvalue weighted by Gasteiger charge is 2.22. The third-order valence-electron chi connectivity index (χ3n) is 5.48. The van der Waals surface area contributed by atoms with E-state index in [1.807, 2.05) is 36.4 Å². The van der Waals surface area contributed by atoms with Crippen LogP contribution < -0.4 is 15.0 Å². The van der Waals surface area contributed by atoms with Crippen LogP contribution in [0.5, 0.6) is 11.5 Å². The van der Waals surface area contributed by atoms with Gasteiger partial charge in [0.1, 0.15) is 5.82 Å². The average Bonchev–Trinajstić information content (AvgIpc) is 2.78. The molecule has 3 aromatic rings. The number of methoxy groups -OCH3 is 2. The minimum absolute atomic E-state index is 0.132. The number of fused-ring (bicyclic) bond motifs is 1. The first-order valence-electron chi connectivity index (χ1n) is 9.99. The van der Waals surface area contributed by atoms with Crippen LogP contribution in [0, 0.1) is 0 Å². The van der Waals surface area contributed by atoms with Crippen molar-refractivity contribution >= 4 is 17.1 Å². The van der Waals surface area contributed by atoms with Gasteiger partial charge < -0.3 is 9.47 Å². The highest BCUT2D eigenvalue weighted by molar-refractivity contribution is 5.81. The van der Waals surface area contributed by atoms with E-state index in [0.717, 1.165) is 42.6 Å². The number of para-hydroxylation sites is 1. The molecule has 0 aliphatic heterocycles. The zero-order valence-corrected chi connectivity index (χ0v) is 16.8. The van der Waals surface area contributed by atoms with Crippen LogP contribution in [0.3, 0.4) is 0 Å². The molecule has 1 aromatic heterocycles. The predicted octanol–water partition coefficient (Wildman–Crippen LogP) is 4.34. The molecule has 29 heavy (non-hydrogen) atoms. The van der Waals surface area contributed by atoms with Gasteiger partial charge in [-0.25, -0.2) is 4.98 Å². The second kappa shape index (κ2) is 8.47. The van der Waals surface area contributed by atoms with Crippen molar-refractivity contribution in [2.24, 2.45) is 5.10 Å². The number of nitrogens with zero attached hydrogens (tertiary/aromatic N) is 3. The van der Waals surface area contributed by atoms with Crippen LogP contribution in [0.4, 0.5) is 0 Å². The Morgan fingerprint density at radius 1 is 1.03 bits per heavy atom. The van der Waals surface area contributed by atoms with Crippen molar-refractivity contribution in [3.8, 4) is 11.5 Å². The third-order valence-corrected chi connectivity index (χ3v) is 5.48. The normalized spacial score (nSPS) is 15.1. The van der Waals surface area contributed by atoms with Crippen LogP contribution in [0.25, 0.3) is 10.9 Å². The Labute approximate surface area is 169 Å². The maximum Gasteiger partial charge on any atom is 0.282 e. The van der Waals surface area contributed by atoms with Crippen LogP contribution in [0.15, 0.2) is 52.4 Å². The summed E-state index contributed by atoms with van der Waals surface area (Å²) in [6, 6.07) is 13.0.